The molecule has 0 saturated carbocycles. The van der Waals surface area contributed by atoms with Gasteiger partial charge in [-0.3, -0.25) is 9.59 Å². The maximum absolute atomic E-state index is 12.0. The van der Waals surface area contributed by atoms with Gasteiger partial charge in [0, 0.05) is 26.1 Å². The Morgan fingerprint density at radius 2 is 1.87 bits per heavy atom. The lowest BCUT2D eigenvalue weighted by Crippen LogP contribution is -2.21. The molecule has 0 saturated heterocycles. The van der Waals surface area contributed by atoms with Gasteiger partial charge in [0.25, 0.3) is 5.91 Å². The molecule has 3 N–H and O–H groups in total. The Balaban J connectivity index is 2.62. The number of hydrogen-bond acceptors (Lipinski definition) is 4. The Bertz CT molecular complexity index is 530. The highest BCUT2D eigenvalue weighted by Crippen LogP contribution is 2.26. The number of methoxy groups -OCH3 is 1. The number of amides is 2. The number of carbonyl (C=O) groups excluding carboxylic acids is 2. The highest BCUT2D eigenvalue weighted by atomic mass is 16.5. The average Bonchev–Trinajstić information content (AvgIpc) is 2.54. The van der Waals surface area contributed by atoms with Crippen LogP contribution in [0.2, 0.25) is 0 Å². The van der Waals surface area contributed by atoms with E-state index in [1.165, 1.54) is 12.0 Å². The van der Waals surface area contributed by atoms with Crippen molar-refractivity contribution in [2.24, 2.45) is 5.73 Å². The van der Waals surface area contributed by atoms with Gasteiger partial charge in [-0.2, -0.15) is 0 Å². The fraction of sp³-hybridized carbons (Fsp3) is 0.529. The lowest BCUT2D eigenvalue weighted by Gasteiger charge is -2.14. The Morgan fingerprint density at radius 1 is 1.17 bits per heavy atom. The van der Waals surface area contributed by atoms with Crippen LogP contribution >= 0.6 is 0 Å². The number of nitrogens with two attached hydrogens (primary N) is 1. The first kappa shape index (κ1) is 19.0. The van der Waals surface area contributed by atoms with E-state index < -0.39 is 0 Å². The van der Waals surface area contributed by atoms with E-state index in [0.29, 0.717) is 30.0 Å². The predicted molar refractivity (Wildman–Crippen MR) is 91.8 cm³/mol. The Morgan fingerprint density at radius 3 is 2.48 bits per heavy atom. The van der Waals surface area contributed by atoms with Crippen molar-refractivity contribution in [3.63, 3.8) is 0 Å². The number of unbranched alkanes of at least 4 members (excludes halogenated alkanes) is 3. The summed E-state index contributed by atoms with van der Waals surface area (Å²) in [4.78, 5) is 25.4. The first-order valence-electron chi connectivity index (χ1n) is 7.89. The third-order valence-electron chi connectivity index (χ3n) is 3.49. The van der Waals surface area contributed by atoms with Crippen molar-refractivity contribution in [2.75, 3.05) is 33.1 Å². The summed E-state index contributed by atoms with van der Waals surface area (Å²) in [6.07, 6.45) is 4.35. The van der Waals surface area contributed by atoms with Crippen LogP contribution in [0.3, 0.4) is 0 Å². The summed E-state index contributed by atoms with van der Waals surface area (Å²) in [6, 6.07) is 5.02. The number of rotatable bonds is 9. The predicted octanol–water partition coefficient (Wildman–Crippen LogP) is 2.24. The zero-order valence-corrected chi connectivity index (χ0v) is 14.2. The minimum Gasteiger partial charge on any atom is -0.495 e. The van der Waals surface area contributed by atoms with E-state index in [9.17, 15) is 9.59 Å². The second-order valence-corrected chi connectivity index (χ2v) is 5.62. The van der Waals surface area contributed by atoms with E-state index in [-0.39, 0.29) is 11.8 Å². The second kappa shape index (κ2) is 9.84. The maximum atomic E-state index is 12.0. The van der Waals surface area contributed by atoms with Crippen LogP contribution in [0, 0.1) is 0 Å². The number of nitrogens with one attached hydrogen (secondary N) is 1. The zero-order chi connectivity index (χ0) is 17.2. The molecular formula is C17H27N3O3. The standard InChI is InChI=1S/C17H27N3O3/c1-20(2)17(22)13-9-10-14(15(12-13)23-3)19-16(21)8-6-4-5-7-11-18/h9-10,12H,4-8,11,18H2,1-3H3,(H,19,21). The lowest BCUT2D eigenvalue weighted by atomic mass is 10.1. The van der Waals surface area contributed by atoms with Crippen molar-refractivity contribution in [3.05, 3.63) is 23.8 Å². The van der Waals surface area contributed by atoms with Crippen molar-refractivity contribution in [1.82, 2.24) is 4.90 Å². The summed E-state index contributed by atoms with van der Waals surface area (Å²) in [6.45, 7) is 0.696. The van der Waals surface area contributed by atoms with Gasteiger partial charge in [-0.1, -0.05) is 12.8 Å². The third-order valence-corrected chi connectivity index (χ3v) is 3.49. The molecule has 0 aliphatic heterocycles. The highest BCUT2D eigenvalue weighted by molar-refractivity contribution is 5.97. The van der Waals surface area contributed by atoms with E-state index in [2.05, 4.69) is 5.32 Å². The Kier molecular flexibility index (Phi) is 8.11. The van der Waals surface area contributed by atoms with Gasteiger partial charge in [-0.25, -0.2) is 0 Å². The van der Waals surface area contributed by atoms with Gasteiger partial charge in [0.1, 0.15) is 5.75 Å². The van der Waals surface area contributed by atoms with Crippen molar-refractivity contribution < 1.29 is 14.3 Å². The van der Waals surface area contributed by atoms with Gasteiger partial charge in [0.2, 0.25) is 5.91 Å². The van der Waals surface area contributed by atoms with Crippen molar-refractivity contribution in [3.8, 4) is 5.75 Å². The van der Waals surface area contributed by atoms with Gasteiger partial charge >= 0.3 is 0 Å². The number of nitrogens with zero attached hydrogens (tertiary/aromatic N) is 1. The second-order valence-electron chi connectivity index (χ2n) is 5.62. The minimum absolute atomic E-state index is 0.0530. The molecule has 0 spiro atoms. The van der Waals surface area contributed by atoms with E-state index in [0.717, 1.165) is 25.7 Å². The molecule has 0 fully saturated rings. The number of carbonyl (C=O) groups is 2. The largest absolute Gasteiger partial charge is 0.495 e. The number of hydrogen-bond donors (Lipinski definition) is 2. The van der Waals surface area contributed by atoms with Crippen LogP contribution in [0.5, 0.6) is 5.75 Å². The van der Waals surface area contributed by atoms with Crippen LogP contribution in [0.4, 0.5) is 5.69 Å². The molecule has 0 atom stereocenters. The van der Waals surface area contributed by atoms with E-state index in [1.54, 1.807) is 32.3 Å². The van der Waals surface area contributed by atoms with Crippen molar-refractivity contribution >= 4 is 17.5 Å². The molecule has 6 heteroatoms. The molecular weight excluding hydrogens is 294 g/mol. The molecule has 1 rings (SSSR count). The van der Waals surface area contributed by atoms with Gasteiger partial charge < -0.3 is 20.7 Å². The van der Waals surface area contributed by atoms with Crippen LogP contribution in [0.15, 0.2) is 18.2 Å². The molecule has 1 aromatic rings. The maximum Gasteiger partial charge on any atom is 0.253 e. The van der Waals surface area contributed by atoms with Crippen molar-refractivity contribution in [1.29, 1.82) is 0 Å². The molecule has 6 nitrogen and oxygen atoms in total. The average molecular weight is 321 g/mol. The number of ether oxygens (including phenoxy) is 1. The Hall–Kier alpha value is -2.08. The van der Waals surface area contributed by atoms with Gasteiger partial charge in [0.15, 0.2) is 0 Å². The SMILES string of the molecule is COc1cc(C(=O)N(C)C)ccc1NC(=O)CCCCCCN. The molecule has 0 bridgehead atoms. The molecule has 2 amide bonds. The highest BCUT2D eigenvalue weighted by Gasteiger charge is 2.13. The molecule has 0 aliphatic rings. The lowest BCUT2D eigenvalue weighted by molar-refractivity contribution is -0.116. The first-order valence-corrected chi connectivity index (χ1v) is 7.89. The van der Waals surface area contributed by atoms with Gasteiger partial charge in [0.05, 0.1) is 12.8 Å². The molecule has 23 heavy (non-hydrogen) atoms. The molecule has 0 aliphatic carbocycles. The monoisotopic (exact) mass is 321 g/mol. The van der Waals surface area contributed by atoms with Crippen LogP contribution < -0.4 is 15.8 Å². The van der Waals surface area contributed by atoms with Crippen LogP contribution in [-0.4, -0.2) is 44.5 Å². The minimum atomic E-state index is -0.110. The van der Waals surface area contributed by atoms with E-state index in [4.69, 9.17) is 10.5 Å². The van der Waals surface area contributed by atoms with Crippen LogP contribution in [0.1, 0.15) is 42.5 Å². The fourth-order valence-corrected chi connectivity index (χ4v) is 2.18. The molecule has 0 aromatic heterocycles. The van der Waals surface area contributed by atoms with Crippen molar-refractivity contribution in [2.45, 2.75) is 32.1 Å². The summed E-state index contributed by atoms with van der Waals surface area (Å²) in [5.41, 5.74) is 6.54. The molecule has 1 aromatic carbocycles. The van der Waals surface area contributed by atoms with E-state index >= 15 is 0 Å². The topological polar surface area (TPSA) is 84.7 Å². The summed E-state index contributed by atoms with van der Waals surface area (Å²) in [5.74, 6) is 0.318. The molecule has 0 unspecified atom stereocenters. The van der Waals surface area contributed by atoms with E-state index in [1.807, 2.05) is 0 Å². The summed E-state index contributed by atoms with van der Waals surface area (Å²) in [5, 5.41) is 2.83. The van der Waals surface area contributed by atoms with Crippen LogP contribution in [-0.2, 0) is 4.79 Å². The molecule has 0 heterocycles. The molecule has 128 valence electrons. The smallest absolute Gasteiger partial charge is 0.253 e. The summed E-state index contributed by atoms with van der Waals surface area (Å²) in [7, 11) is 4.89. The summed E-state index contributed by atoms with van der Waals surface area (Å²) < 4.78 is 5.28. The third kappa shape index (κ3) is 6.28. The van der Waals surface area contributed by atoms with Gasteiger partial charge in [-0.05, 0) is 37.6 Å². The number of benzene rings is 1. The summed E-state index contributed by atoms with van der Waals surface area (Å²) >= 11 is 0. The number of anilines is 1. The normalized spacial score (nSPS) is 10.3. The fourth-order valence-electron chi connectivity index (χ4n) is 2.18. The first-order chi connectivity index (χ1) is 11.0. The van der Waals surface area contributed by atoms with Gasteiger partial charge in [-0.15, -0.1) is 0 Å². The quantitative estimate of drug-likeness (QED) is 0.683. The zero-order valence-electron chi connectivity index (χ0n) is 14.2. The molecule has 0 radical (unpaired) electrons. The van der Waals surface area contributed by atoms with Crippen LogP contribution in [0.25, 0.3) is 0 Å². The Labute approximate surface area is 138 Å².